The van der Waals surface area contributed by atoms with Gasteiger partial charge in [-0.05, 0) is 55.9 Å². The van der Waals surface area contributed by atoms with Gasteiger partial charge in [0.05, 0.1) is 0 Å². The van der Waals surface area contributed by atoms with E-state index in [1.165, 1.54) is 5.57 Å². The Balaban J connectivity index is 1.72. The first-order chi connectivity index (χ1) is 10.6. The van der Waals surface area contributed by atoms with Crippen molar-refractivity contribution in [2.75, 3.05) is 0 Å². The molecular formula is C19H24O3. The smallest absolute Gasteiger partial charge is 0.155 e. The summed E-state index contributed by atoms with van der Waals surface area (Å²) in [6.07, 6.45) is 8.13. The van der Waals surface area contributed by atoms with Crippen LogP contribution >= 0.6 is 0 Å². The summed E-state index contributed by atoms with van der Waals surface area (Å²) in [5.74, 6) is 2.04. The Labute approximate surface area is 131 Å². The zero-order valence-electron chi connectivity index (χ0n) is 13.3. The van der Waals surface area contributed by atoms with Crippen LogP contribution in [0.5, 0.6) is 0 Å². The zero-order valence-corrected chi connectivity index (χ0v) is 13.3. The van der Waals surface area contributed by atoms with Gasteiger partial charge in [0.15, 0.2) is 5.78 Å². The van der Waals surface area contributed by atoms with Gasteiger partial charge in [-0.1, -0.05) is 12.5 Å². The maximum atomic E-state index is 13.0. The fourth-order valence-corrected chi connectivity index (χ4v) is 6.15. The molecule has 3 saturated carbocycles. The number of allylic oxidation sites excluding steroid dienone is 1. The Morgan fingerprint density at radius 1 is 1.09 bits per heavy atom. The van der Waals surface area contributed by atoms with Crippen LogP contribution in [0.2, 0.25) is 0 Å². The maximum absolute atomic E-state index is 13.0. The lowest BCUT2D eigenvalue weighted by Crippen LogP contribution is -2.52. The number of ketones is 3. The van der Waals surface area contributed by atoms with Crippen LogP contribution < -0.4 is 0 Å². The summed E-state index contributed by atoms with van der Waals surface area (Å²) in [5.41, 5.74) is 0.878. The molecule has 0 aromatic rings. The number of carbonyl (C=O) groups excluding carboxylic acids is 3. The van der Waals surface area contributed by atoms with Crippen molar-refractivity contribution in [2.45, 2.75) is 58.3 Å². The number of hydrogen-bond donors (Lipinski definition) is 0. The van der Waals surface area contributed by atoms with Crippen LogP contribution in [0.4, 0.5) is 0 Å². The predicted molar refractivity (Wildman–Crippen MR) is 82.1 cm³/mol. The highest BCUT2D eigenvalue weighted by Crippen LogP contribution is 2.60. The van der Waals surface area contributed by atoms with Gasteiger partial charge >= 0.3 is 0 Å². The Hall–Kier alpha value is -1.25. The van der Waals surface area contributed by atoms with E-state index >= 15 is 0 Å². The van der Waals surface area contributed by atoms with E-state index in [9.17, 15) is 14.4 Å². The summed E-state index contributed by atoms with van der Waals surface area (Å²) in [6.45, 7) is 2.08. The van der Waals surface area contributed by atoms with Crippen molar-refractivity contribution in [3.8, 4) is 0 Å². The number of hydrogen-bond acceptors (Lipinski definition) is 3. The quantitative estimate of drug-likeness (QED) is 0.747. The van der Waals surface area contributed by atoms with Crippen LogP contribution in [0.25, 0.3) is 0 Å². The van der Waals surface area contributed by atoms with E-state index in [-0.39, 0.29) is 23.0 Å². The summed E-state index contributed by atoms with van der Waals surface area (Å²) >= 11 is 0. The zero-order chi connectivity index (χ0) is 15.5. The SMILES string of the molecule is CC[C@]12CC(=O)[C@@H]3C4CCC(=O)C=C4CC[C@H]3[C@@H]1CCC2=O. The summed E-state index contributed by atoms with van der Waals surface area (Å²) in [4.78, 5) is 37.1. The Kier molecular flexibility index (Phi) is 3.18. The molecule has 0 saturated heterocycles. The Bertz CT molecular complexity index is 587. The standard InChI is InChI=1S/C19H24O3/c1-2-19-10-16(21)18-13-6-4-12(20)9-11(13)3-5-14(18)15(19)7-8-17(19)22/h9,13-15,18H,2-8,10H2,1H3/t13?,14-,15-,18+,19-/m0/s1. The van der Waals surface area contributed by atoms with E-state index in [2.05, 4.69) is 6.92 Å². The van der Waals surface area contributed by atoms with Gasteiger partial charge in [-0.15, -0.1) is 0 Å². The number of fused-ring (bicyclic) bond motifs is 5. The highest BCUT2D eigenvalue weighted by molar-refractivity contribution is 5.96. The average molecular weight is 300 g/mol. The molecule has 0 heterocycles. The molecule has 0 spiro atoms. The molecule has 0 amide bonds. The number of carbonyl (C=O) groups is 3. The summed E-state index contributed by atoms with van der Waals surface area (Å²) < 4.78 is 0. The average Bonchev–Trinajstić information content (AvgIpc) is 2.84. The van der Waals surface area contributed by atoms with Crippen molar-refractivity contribution >= 4 is 17.3 Å². The van der Waals surface area contributed by atoms with Crippen molar-refractivity contribution < 1.29 is 14.4 Å². The molecule has 4 aliphatic carbocycles. The van der Waals surface area contributed by atoms with Gasteiger partial charge in [0.25, 0.3) is 0 Å². The topological polar surface area (TPSA) is 51.2 Å². The van der Waals surface area contributed by atoms with Gasteiger partial charge in [-0.25, -0.2) is 0 Å². The normalized spacial score (nSPS) is 44.2. The van der Waals surface area contributed by atoms with Crippen LogP contribution in [-0.2, 0) is 14.4 Å². The molecule has 3 heteroatoms. The van der Waals surface area contributed by atoms with Gasteiger partial charge in [0.1, 0.15) is 11.6 Å². The Morgan fingerprint density at radius 2 is 1.91 bits per heavy atom. The van der Waals surface area contributed by atoms with Gasteiger partial charge in [0, 0.05) is 30.6 Å². The lowest BCUT2D eigenvalue weighted by Gasteiger charge is -2.51. The monoisotopic (exact) mass is 300 g/mol. The molecule has 5 atom stereocenters. The van der Waals surface area contributed by atoms with Crippen LogP contribution in [0.1, 0.15) is 58.3 Å². The molecule has 22 heavy (non-hydrogen) atoms. The van der Waals surface area contributed by atoms with E-state index in [1.807, 2.05) is 6.08 Å². The van der Waals surface area contributed by atoms with E-state index in [0.717, 1.165) is 32.1 Å². The summed E-state index contributed by atoms with van der Waals surface area (Å²) in [5, 5.41) is 0. The predicted octanol–water partition coefficient (Wildman–Crippen LogP) is 3.27. The van der Waals surface area contributed by atoms with E-state index < -0.39 is 0 Å². The number of rotatable bonds is 1. The van der Waals surface area contributed by atoms with Crippen LogP contribution in [-0.4, -0.2) is 17.3 Å². The molecule has 3 nitrogen and oxygen atoms in total. The fraction of sp³-hybridized carbons (Fsp3) is 0.737. The fourth-order valence-electron chi connectivity index (χ4n) is 6.15. The third kappa shape index (κ3) is 1.77. The molecule has 1 unspecified atom stereocenters. The first kappa shape index (κ1) is 14.3. The first-order valence-corrected chi connectivity index (χ1v) is 8.86. The molecule has 4 rings (SSSR count). The van der Waals surface area contributed by atoms with Crippen molar-refractivity contribution in [3.63, 3.8) is 0 Å². The first-order valence-electron chi connectivity index (χ1n) is 8.86. The Morgan fingerprint density at radius 3 is 2.68 bits per heavy atom. The minimum absolute atomic E-state index is 0.0867. The molecule has 0 radical (unpaired) electrons. The summed E-state index contributed by atoms with van der Waals surface area (Å²) in [7, 11) is 0. The van der Waals surface area contributed by atoms with E-state index in [0.29, 0.717) is 42.7 Å². The minimum atomic E-state index is -0.343. The largest absolute Gasteiger partial charge is 0.299 e. The minimum Gasteiger partial charge on any atom is -0.299 e. The lowest BCUT2D eigenvalue weighted by atomic mass is 9.51. The number of Topliss-reactive ketones (excluding diaryl/α,β-unsaturated/α-hetero) is 2. The highest BCUT2D eigenvalue weighted by atomic mass is 16.1. The highest BCUT2D eigenvalue weighted by Gasteiger charge is 2.60. The molecule has 0 N–H and O–H groups in total. The molecule has 118 valence electrons. The van der Waals surface area contributed by atoms with Gasteiger partial charge in [-0.3, -0.25) is 14.4 Å². The van der Waals surface area contributed by atoms with Crippen molar-refractivity contribution in [2.24, 2.45) is 29.1 Å². The van der Waals surface area contributed by atoms with Crippen LogP contribution in [0, 0.1) is 29.1 Å². The second-order valence-electron chi connectivity index (χ2n) is 7.78. The van der Waals surface area contributed by atoms with E-state index in [1.54, 1.807) is 0 Å². The van der Waals surface area contributed by atoms with Gasteiger partial charge < -0.3 is 0 Å². The van der Waals surface area contributed by atoms with Crippen LogP contribution in [0.15, 0.2) is 11.6 Å². The second-order valence-corrected chi connectivity index (χ2v) is 7.78. The van der Waals surface area contributed by atoms with Crippen molar-refractivity contribution in [1.29, 1.82) is 0 Å². The molecule has 4 aliphatic rings. The van der Waals surface area contributed by atoms with Crippen molar-refractivity contribution in [3.05, 3.63) is 11.6 Å². The van der Waals surface area contributed by atoms with Gasteiger partial charge in [0.2, 0.25) is 0 Å². The molecule has 3 fully saturated rings. The third-order valence-electron chi connectivity index (χ3n) is 7.14. The third-order valence-corrected chi connectivity index (χ3v) is 7.14. The molecule has 0 aromatic carbocycles. The lowest BCUT2D eigenvalue weighted by molar-refractivity contribution is -0.147. The maximum Gasteiger partial charge on any atom is 0.155 e. The molecule has 0 bridgehead atoms. The van der Waals surface area contributed by atoms with Crippen LogP contribution in [0.3, 0.4) is 0 Å². The summed E-state index contributed by atoms with van der Waals surface area (Å²) in [6, 6.07) is 0. The molecular weight excluding hydrogens is 276 g/mol. The second kappa shape index (κ2) is 4.87. The molecule has 0 aliphatic heterocycles. The van der Waals surface area contributed by atoms with Gasteiger partial charge in [-0.2, -0.15) is 0 Å². The van der Waals surface area contributed by atoms with E-state index in [4.69, 9.17) is 0 Å². The molecule has 0 aromatic heterocycles. The van der Waals surface area contributed by atoms with Crippen molar-refractivity contribution in [1.82, 2.24) is 0 Å².